The van der Waals surface area contributed by atoms with E-state index in [2.05, 4.69) is 0 Å². The molecule has 0 amide bonds. The van der Waals surface area contributed by atoms with Crippen LogP contribution in [-0.2, 0) is 0 Å². The summed E-state index contributed by atoms with van der Waals surface area (Å²) in [5, 5.41) is 8.45. The Morgan fingerprint density at radius 1 is 1.45 bits per heavy atom. The van der Waals surface area contributed by atoms with Crippen LogP contribution in [0.15, 0.2) is 24.3 Å². The molecule has 0 heterocycles. The van der Waals surface area contributed by atoms with Crippen LogP contribution in [0.1, 0.15) is 10.4 Å². The Morgan fingerprint density at radius 2 is 2.09 bits per heavy atom. The minimum absolute atomic E-state index is 0. The zero-order valence-electron chi connectivity index (χ0n) is 5.74. The maximum absolute atomic E-state index is 10.3. The molecule has 0 saturated heterocycles. The van der Waals surface area contributed by atoms with Gasteiger partial charge in [-0.05, 0) is 18.2 Å². The number of hydrogen-bond acceptors (Lipinski definition) is 2. The highest BCUT2D eigenvalue weighted by Gasteiger charge is 1.99. The predicted molar refractivity (Wildman–Crippen MR) is 41.4 cm³/mol. The van der Waals surface area contributed by atoms with Crippen molar-refractivity contribution in [3.63, 3.8) is 0 Å². The second-order valence-corrected chi connectivity index (χ2v) is 1.93. The highest BCUT2D eigenvalue weighted by atomic mass is 16.4. The molecule has 4 nitrogen and oxygen atoms in total. The minimum atomic E-state index is -0.952. The maximum atomic E-state index is 10.3. The van der Waals surface area contributed by atoms with E-state index in [1.807, 2.05) is 0 Å². The van der Waals surface area contributed by atoms with Crippen LogP contribution in [0.3, 0.4) is 0 Å². The third kappa shape index (κ3) is 2.27. The predicted octanol–water partition coefficient (Wildman–Crippen LogP) is 0.142. The molecule has 0 unspecified atom stereocenters. The van der Waals surface area contributed by atoms with Gasteiger partial charge in [0.05, 0.1) is 5.56 Å². The summed E-state index contributed by atoms with van der Waals surface area (Å²) >= 11 is 0. The van der Waals surface area contributed by atoms with E-state index < -0.39 is 5.97 Å². The van der Waals surface area contributed by atoms with Gasteiger partial charge < -0.3 is 16.3 Å². The van der Waals surface area contributed by atoms with Crippen LogP contribution < -0.4 is 5.73 Å². The average Bonchev–Trinajstić information content (AvgIpc) is 1.88. The van der Waals surface area contributed by atoms with Crippen molar-refractivity contribution < 1.29 is 15.4 Å². The quantitative estimate of drug-likeness (QED) is 0.565. The zero-order valence-corrected chi connectivity index (χ0v) is 5.74. The molecular formula is C7H9NO3. The SMILES string of the molecule is Nc1cccc(C(=O)O)c1.O. The van der Waals surface area contributed by atoms with Crippen molar-refractivity contribution >= 4 is 11.7 Å². The van der Waals surface area contributed by atoms with Gasteiger partial charge in [-0.2, -0.15) is 0 Å². The molecule has 60 valence electrons. The van der Waals surface area contributed by atoms with Gasteiger partial charge in [0.1, 0.15) is 0 Å². The first-order valence-electron chi connectivity index (χ1n) is 2.79. The summed E-state index contributed by atoms with van der Waals surface area (Å²) in [5.41, 5.74) is 6.03. The smallest absolute Gasteiger partial charge is 0.335 e. The highest BCUT2D eigenvalue weighted by molar-refractivity contribution is 5.88. The number of hydrogen-bond donors (Lipinski definition) is 2. The van der Waals surface area contributed by atoms with Crippen LogP contribution in [0.5, 0.6) is 0 Å². The molecule has 0 aliphatic carbocycles. The normalized spacial score (nSPS) is 8.36. The van der Waals surface area contributed by atoms with Crippen molar-refractivity contribution in [1.82, 2.24) is 0 Å². The van der Waals surface area contributed by atoms with Gasteiger partial charge in [0.2, 0.25) is 0 Å². The first-order valence-corrected chi connectivity index (χ1v) is 2.79. The van der Waals surface area contributed by atoms with Gasteiger partial charge in [-0.25, -0.2) is 4.79 Å². The fourth-order valence-electron chi connectivity index (χ4n) is 0.672. The molecule has 11 heavy (non-hydrogen) atoms. The fourth-order valence-corrected chi connectivity index (χ4v) is 0.672. The lowest BCUT2D eigenvalue weighted by Gasteiger charge is -1.93. The molecule has 0 aromatic heterocycles. The topological polar surface area (TPSA) is 94.8 Å². The summed E-state index contributed by atoms with van der Waals surface area (Å²) < 4.78 is 0. The number of carboxylic acids is 1. The minimum Gasteiger partial charge on any atom is -0.478 e. The van der Waals surface area contributed by atoms with E-state index in [0.717, 1.165) is 0 Å². The van der Waals surface area contributed by atoms with E-state index in [1.165, 1.54) is 12.1 Å². The monoisotopic (exact) mass is 155 g/mol. The summed E-state index contributed by atoms with van der Waals surface area (Å²) in [4.78, 5) is 10.3. The van der Waals surface area contributed by atoms with E-state index in [4.69, 9.17) is 10.8 Å². The van der Waals surface area contributed by atoms with Crippen LogP contribution in [0.25, 0.3) is 0 Å². The van der Waals surface area contributed by atoms with Gasteiger partial charge in [0.15, 0.2) is 0 Å². The molecule has 1 aromatic carbocycles. The Hall–Kier alpha value is -1.55. The molecular weight excluding hydrogens is 146 g/mol. The molecule has 0 radical (unpaired) electrons. The Kier molecular flexibility index (Phi) is 3.07. The first kappa shape index (κ1) is 9.45. The van der Waals surface area contributed by atoms with Crippen molar-refractivity contribution in [1.29, 1.82) is 0 Å². The molecule has 5 N–H and O–H groups in total. The van der Waals surface area contributed by atoms with Gasteiger partial charge in [0.25, 0.3) is 0 Å². The largest absolute Gasteiger partial charge is 0.478 e. The lowest BCUT2D eigenvalue weighted by Crippen LogP contribution is -1.96. The van der Waals surface area contributed by atoms with Gasteiger partial charge in [-0.15, -0.1) is 0 Å². The van der Waals surface area contributed by atoms with Crippen LogP contribution in [0.4, 0.5) is 5.69 Å². The van der Waals surface area contributed by atoms with Gasteiger partial charge >= 0.3 is 5.97 Å². The summed E-state index contributed by atoms with van der Waals surface area (Å²) in [7, 11) is 0. The molecule has 1 rings (SSSR count). The molecule has 0 aliphatic rings. The number of nitrogens with two attached hydrogens (primary N) is 1. The zero-order chi connectivity index (χ0) is 7.56. The number of rotatable bonds is 1. The van der Waals surface area contributed by atoms with E-state index in [9.17, 15) is 4.79 Å². The molecule has 1 aromatic rings. The van der Waals surface area contributed by atoms with Crippen molar-refractivity contribution in [3.05, 3.63) is 29.8 Å². The van der Waals surface area contributed by atoms with Crippen LogP contribution in [0.2, 0.25) is 0 Å². The van der Waals surface area contributed by atoms with E-state index in [-0.39, 0.29) is 11.0 Å². The molecule has 0 spiro atoms. The summed E-state index contributed by atoms with van der Waals surface area (Å²) in [6.45, 7) is 0. The van der Waals surface area contributed by atoms with Gasteiger partial charge in [-0.3, -0.25) is 0 Å². The third-order valence-electron chi connectivity index (χ3n) is 1.13. The second-order valence-electron chi connectivity index (χ2n) is 1.93. The lowest BCUT2D eigenvalue weighted by atomic mass is 10.2. The summed E-state index contributed by atoms with van der Waals surface area (Å²) in [6.07, 6.45) is 0. The number of carboxylic acid groups (broad SMARTS) is 1. The number of nitrogen functional groups attached to an aromatic ring is 1. The van der Waals surface area contributed by atoms with Crippen molar-refractivity contribution in [2.45, 2.75) is 0 Å². The average molecular weight is 155 g/mol. The van der Waals surface area contributed by atoms with Crippen molar-refractivity contribution in [3.8, 4) is 0 Å². The Bertz CT molecular complexity index is 260. The summed E-state index contributed by atoms with van der Waals surface area (Å²) in [6, 6.07) is 6.17. The second kappa shape index (κ2) is 3.58. The van der Waals surface area contributed by atoms with Crippen molar-refractivity contribution in [2.75, 3.05) is 5.73 Å². The number of benzene rings is 1. The highest BCUT2D eigenvalue weighted by Crippen LogP contribution is 2.05. The maximum Gasteiger partial charge on any atom is 0.335 e. The van der Waals surface area contributed by atoms with Crippen LogP contribution in [-0.4, -0.2) is 16.6 Å². The van der Waals surface area contributed by atoms with Crippen LogP contribution >= 0.6 is 0 Å². The van der Waals surface area contributed by atoms with Gasteiger partial charge in [0, 0.05) is 5.69 Å². The molecule has 0 bridgehead atoms. The van der Waals surface area contributed by atoms with E-state index in [0.29, 0.717) is 5.69 Å². The lowest BCUT2D eigenvalue weighted by molar-refractivity contribution is 0.0697. The molecule has 0 fully saturated rings. The fraction of sp³-hybridized carbons (Fsp3) is 0. The third-order valence-corrected chi connectivity index (χ3v) is 1.13. The molecule has 4 heteroatoms. The Balaban J connectivity index is 0.000001000. The molecule has 0 atom stereocenters. The summed E-state index contributed by atoms with van der Waals surface area (Å²) in [5.74, 6) is -0.952. The van der Waals surface area contributed by atoms with E-state index >= 15 is 0 Å². The Morgan fingerprint density at radius 3 is 2.45 bits per heavy atom. The molecule has 0 aliphatic heterocycles. The van der Waals surface area contributed by atoms with Gasteiger partial charge in [-0.1, -0.05) is 6.07 Å². The molecule has 0 saturated carbocycles. The van der Waals surface area contributed by atoms with Crippen LogP contribution in [0, 0.1) is 0 Å². The number of carbonyl (C=O) groups is 1. The first-order chi connectivity index (χ1) is 4.70. The Labute approximate surface area is 63.6 Å². The van der Waals surface area contributed by atoms with E-state index in [1.54, 1.807) is 12.1 Å². The standard InChI is InChI=1S/C7H7NO2.H2O/c8-6-3-1-2-5(4-6)7(9)10;/h1-4H,8H2,(H,9,10);1H2. The number of anilines is 1. The van der Waals surface area contributed by atoms with Crippen molar-refractivity contribution in [2.24, 2.45) is 0 Å². The number of aromatic carboxylic acids is 1.